The van der Waals surface area contributed by atoms with Gasteiger partial charge in [0.1, 0.15) is 11.9 Å². The van der Waals surface area contributed by atoms with Crippen LogP contribution < -0.4 is 5.32 Å². The molecule has 1 N–H and O–H groups in total. The fourth-order valence-electron chi connectivity index (χ4n) is 1.06. The lowest BCUT2D eigenvalue weighted by Gasteiger charge is -2.11. The van der Waals surface area contributed by atoms with Crippen molar-refractivity contribution in [3.8, 4) is 6.07 Å². The van der Waals surface area contributed by atoms with Crippen molar-refractivity contribution in [3.05, 3.63) is 23.5 Å². The molecule has 1 aliphatic heterocycles. The summed E-state index contributed by atoms with van der Waals surface area (Å²) in [6, 6.07) is 1.81. The Hall–Kier alpha value is -2.09. The van der Waals surface area contributed by atoms with E-state index in [0.717, 1.165) is 0 Å². The van der Waals surface area contributed by atoms with Crippen molar-refractivity contribution >= 4 is 11.8 Å². The Balaban J connectivity index is 2.96. The molecule has 1 aliphatic rings. The zero-order chi connectivity index (χ0) is 11.3. The van der Waals surface area contributed by atoms with E-state index in [-0.39, 0.29) is 12.2 Å². The molecule has 0 atom stereocenters. The molecule has 15 heavy (non-hydrogen) atoms. The third-order valence-electron chi connectivity index (χ3n) is 1.69. The van der Waals surface area contributed by atoms with E-state index in [0.29, 0.717) is 11.5 Å². The van der Waals surface area contributed by atoms with Crippen LogP contribution in [0.1, 0.15) is 13.8 Å². The lowest BCUT2D eigenvalue weighted by atomic mass is 10.2. The Morgan fingerprint density at radius 1 is 1.73 bits per heavy atom. The Labute approximate surface area is 87.8 Å². The van der Waals surface area contributed by atoms with Gasteiger partial charge < -0.3 is 10.1 Å². The van der Waals surface area contributed by atoms with Gasteiger partial charge >= 0.3 is 5.97 Å². The largest absolute Gasteiger partial charge is 0.462 e. The number of carbonyl (C=O) groups is 1. The molecule has 0 aromatic carbocycles. The normalized spacial score (nSPS) is 17.3. The molecule has 0 unspecified atom stereocenters. The summed E-state index contributed by atoms with van der Waals surface area (Å²) in [5.41, 5.74) is 0.380. The first-order chi connectivity index (χ1) is 7.19. The van der Waals surface area contributed by atoms with E-state index in [4.69, 9.17) is 10.00 Å². The molecule has 0 fully saturated rings. The fraction of sp³-hybridized carbons (Fsp3) is 0.300. The summed E-state index contributed by atoms with van der Waals surface area (Å²) in [6.07, 6.45) is 3.08. The second kappa shape index (κ2) is 4.96. The Bertz CT molecular complexity index is 399. The number of aliphatic imine (C=N–C) groups is 1. The standard InChI is InChI=1S/C10H11N3O2/c1-3-15-10(14)8(6-11)9-4-5-12-7(2)13-9/h4-5H,3H2,1-2H3,(H,12,13)/b9-8+. The lowest BCUT2D eigenvalue weighted by molar-refractivity contribution is -0.138. The smallest absolute Gasteiger partial charge is 0.351 e. The molecule has 5 nitrogen and oxygen atoms in total. The summed E-state index contributed by atoms with van der Waals surface area (Å²) in [5, 5.41) is 11.7. The van der Waals surface area contributed by atoms with Crippen LogP contribution in [0.25, 0.3) is 0 Å². The van der Waals surface area contributed by atoms with Crippen LogP contribution in [-0.4, -0.2) is 18.4 Å². The number of nitrogens with zero attached hydrogens (tertiary/aromatic N) is 2. The van der Waals surface area contributed by atoms with E-state index >= 15 is 0 Å². The predicted molar refractivity (Wildman–Crippen MR) is 54.7 cm³/mol. The first-order valence-corrected chi connectivity index (χ1v) is 4.48. The van der Waals surface area contributed by atoms with Gasteiger partial charge in [-0.3, -0.25) is 0 Å². The highest BCUT2D eigenvalue weighted by molar-refractivity contribution is 5.96. The van der Waals surface area contributed by atoms with Gasteiger partial charge in [-0.25, -0.2) is 9.79 Å². The molecule has 5 heteroatoms. The van der Waals surface area contributed by atoms with Gasteiger partial charge in [-0.05, 0) is 19.9 Å². The van der Waals surface area contributed by atoms with Crippen molar-refractivity contribution in [3.63, 3.8) is 0 Å². The highest BCUT2D eigenvalue weighted by atomic mass is 16.5. The summed E-state index contributed by atoms with van der Waals surface area (Å²) >= 11 is 0. The minimum atomic E-state index is -0.623. The van der Waals surface area contributed by atoms with Crippen LogP contribution >= 0.6 is 0 Å². The van der Waals surface area contributed by atoms with E-state index in [1.165, 1.54) is 6.20 Å². The lowest BCUT2D eigenvalue weighted by Crippen LogP contribution is -2.24. The molecule has 1 rings (SSSR count). The van der Waals surface area contributed by atoms with Crippen LogP contribution in [0.4, 0.5) is 0 Å². The molecule has 0 aromatic heterocycles. The number of hydrogen-bond acceptors (Lipinski definition) is 5. The summed E-state index contributed by atoms with van der Waals surface area (Å²) in [4.78, 5) is 15.3. The van der Waals surface area contributed by atoms with Crippen LogP contribution in [0.2, 0.25) is 0 Å². The van der Waals surface area contributed by atoms with Gasteiger partial charge in [-0.15, -0.1) is 0 Å². The second-order valence-electron chi connectivity index (χ2n) is 2.78. The number of ether oxygens (including phenoxy) is 1. The van der Waals surface area contributed by atoms with Crippen molar-refractivity contribution in [1.29, 1.82) is 5.26 Å². The van der Waals surface area contributed by atoms with E-state index in [2.05, 4.69) is 10.3 Å². The first kappa shape index (κ1) is 11.0. The van der Waals surface area contributed by atoms with Crippen LogP contribution in [0.5, 0.6) is 0 Å². The Kier molecular flexibility index (Phi) is 3.63. The highest BCUT2D eigenvalue weighted by Gasteiger charge is 2.16. The zero-order valence-corrected chi connectivity index (χ0v) is 8.57. The van der Waals surface area contributed by atoms with Crippen molar-refractivity contribution < 1.29 is 9.53 Å². The number of esters is 1. The van der Waals surface area contributed by atoms with Crippen LogP contribution in [0.15, 0.2) is 28.5 Å². The molecule has 0 aromatic rings. The quantitative estimate of drug-likeness (QED) is 0.412. The average molecular weight is 205 g/mol. The molecule has 0 radical (unpaired) electrons. The van der Waals surface area contributed by atoms with Gasteiger partial charge in [0.25, 0.3) is 0 Å². The Morgan fingerprint density at radius 2 is 2.47 bits per heavy atom. The maximum absolute atomic E-state index is 11.4. The topological polar surface area (TPSA) is 74.5 Å². The monoisotopic (exact) mass is 205 g/mol. The predicted octanol–water partition coefficient (Wildman–Crippen LogP) is 0.862. The molecule has 0 spiro atoms. The first-order valence-electron chi connectivity index (χ1n) is 4.48. The van der Waals surface area contributed by atoms with Crippen molar-refractivity contribution in [1.82, 2.24) is 5.32 Å². The number of allylic oxidation sites excluding steroid dienone is 1. The molecule has 0 bridgehead atoms. The van der Waals surface area contributed by atoms with Gasteiger partial charge in [-0.1, -0.05) is 0 Å². The van der Waals surface area contributed by atoms with Crippen LogP contribution in [0.3, 0.4) is 0 Å². The summed E-state index contributed by atoms with van der Waals surface area (Å²) in [6.45, 7) is 3.67. The van der Waals surface area contributed by atoms with Crippen molar-refractivity contribution in [2.75, 3.05) is 6.61 Å². The molecule has 0 saturated carbocycles. The highest BCUT2D eigenvalue weighted by Crippen LogP contribution is 2.08. The molecular weight excluding hydrogens is 194 g/mol. The zero-order valence-electron chi connectivity index (χ0n) is 8.57. The SMILES string of the molecule is CCOC(=O)/C(C#N)=C1\C=CN=C(C)N1. The summed E-state index contributed by atoms with van der Waals surface area (Å²) < 4.78 is 4.75. The molecule has 78 valence electrons. The number of hydrogen-bond donors (Lipinski definition) is 1. The Morgan fingerprint density at radius 3 is 3.00 bits per heavy atom. The molecular formula is C10H11N3O2. The second-order valence-corrected chi connectivity index (χ2v) is 2.78. The van der Waals surface area contributed by atoms with Gasteiger partial charge in [0.05, 0.1) is 12.3 Å². The van der Waals surface area contributed by atoms with Crippen molar-refractivity contribution in [2.45, 2.75) is 13.8 Å². The number of rotatable bonds is 2. The maximum atomic E-state index is 11.4. The molecule has 0 saturated heterocycles. The third-order valence-corrected chi connectivity index (χ3v) is 1.69. The van der Waals surface area contributed by atoms with E-state index in [1.807, 2.05) is 6.07 Å². The summed E-state index contributed by atoms with van der Waals surface area (Å²) in [7, 11) is 0. The van der Waals surface area contributed by atoms with E-state index < -0.39 is 5.97 Å². The minimum Gasteiger partial charge on any atom is -0.462 e. The fourth-order valence-corrected chi connectivity index (χ4v) is 1.06. The number of nitrogens with one attached hydrogen (secondary N) is 1. The van der Waals surface area contributed by atoms with Gasteiger partial charge in [0.15, 0.2) is 5.57 Å². The van der Waals surface area contributed by atoms with Gasteiger partial charge in [0.2, 0.25) is 0 Å². The molecule has 1 heterocycles. The van der Waals surface area contributed by atoms with E-state index in [9.17, 15) is 4.79 Å². The minimum absolute atomic E-state index is 0.0395. The maximum Gasteiger partial charge on any atom is 0.351 e. The van der Waals surface area contributed by atoms with Gasteiger partial charge in [-0.2, -0.15) is 5.26 Å². The number of nitriles is 1. The van der Waals surface area contributed by atoms with Crippen molar-refractivity contribution in [2.24, 2.45) is 4.99 Å². The van der Waals surface area contributed by atoms with Crippen LogP contribution in [-0.2, 0) is 9.53 Å². The van der Waals surface area contributed by atoms with Gasteiger partial charge in [0, 0.05) is 6.20 Å². The average Bonchev–Trinajstić information content (AvgIpc) is 2.19. The molecule has 0 aliphatic carbocycles. The third kappa shape index (κ3) is 2.68. The van der Waals surface area contributed by atoms with E-state index in [1.54, 1.807) is 19.9 Å². The number of carbonyl (C=O) groups excluding carboxylic acids is 1. The molecule has 0 amide bonds. The summed E-state index contributed by atoms with van der Waals surface area (Å²) in [5.74, 6) is 0.00592. The van der Waals surface area contributed by atoms with Crippen LogP contribution in [0, 0.1) is 11.3 Å². The number of amidine groups is 1.